The maximum atomic E-state index is 5.95. The third kappa shape index (κ3) is 2.24. The molecule has 15 heavy (non-hydrogen) atoms. The van der Waals surface area contributed by atoms with Gasteiger partial charge in [-0.1, -0.05) is 23.4 Å². The van der Waals surface area contributed by atoms with Crippen LogP contribution in [0.15, 0.2) is 10.3 Å². The molecule has 0 fully saturated rings. The number of nitrogens with one attached hydrogen (secondary N) is 1. The highest BCUT2D eigenvalue weighted by atomic mass is 35.5. The molecule has 5 nitrogen and oxygen atoms in total. The van der Waals surface area contributed by atoms with Gasteiger partial charge in [-0.25, -0.2) is 4.98 Å². The highest BCUT2D eigenvalue weighted by molar-refractivity contribution is 7.99. The third-order valence-corrected chi connectivity index (χ3v) is 3.16. The Morgan fingerprint density at radius 3 is 3.33 bits per heavy atom. The largest absolute Gasteiger partial charge is 0.375 e. The standard InChI is InChI=1S/C7H8ClN5S2/c8-5-4(3-10-12-6(9)14)13-1-2-15-7(13)11-5/h3H,1-2H2,(H3,9,12,14). The fraction of sp³-hybridized carbons (Fsp3) is 0.286. The molecule has 0 amide bonds. The number of thioether (sulfide) groups is 1. The van der Waals surface area contributed by atoms with Crippen LogP contribution >= 0.6 is 35.6 Å². The third-order valence-electron chi connectivity index (χ3n) is 1.83. The van der Waals surface area contributed by atoms with Gasteiger partial charge in [-0.15, -0.1) is 0 Å². The lowest BCUT2D eigenvalue weighted by atomic mass is 10.5. The first-order valence-electron chi connectivity index (χ1n) is 4.16. The first kappa shape index (κ1) is 10.7. The lowest BCUT2D eigenvalue weighted by Gasteiger charge is -1.98. The lowest BCUT2D eigenvalue weighted by molar-refractivity contribution is 0.715. The van der Waals surface area contributed by atoms with E-state index in [9.17, 15) is 0 Å². The van der Waals surface area contributed by atoms with Gasteiger partial charge in [-0.05, 0) is 12.2 Å². The number of rotatable bonds is 2. The van der Waals surface area contributed by atoms with Crippen LogP contribution in [0.5, 0.6) is 0 Å². The number of fused-ring (bicyclic) bond motifs is 1. The summed E-state index contributed by atoms with van der Waals surface area (Å²) >= 11 is 12.2. The minimum absolute atomic E-state index is 0.123. The molecule has 0 saturated carbocycles. The summed E-state index contributed by atoms with van der Waals surface area (Å²) in [4.78, 5) is 4.20. The fourth-order valence-corrected chi connectivity index (χ4v) is 2.54. The van der Waals surface area contributed by atoms with E-state index in [0.717, 1.165) is 23.1 Å². The smallest absolute Gasteiger partial charge is 0.184 e. The summed E-state index contributed by atoms with van der Waals surface area (Å²) in [5, 5.41) is 5.36. The minimum Gasteiger partial charge on any atom is -0.375 e. The number of thiocarbonyl (C=S) groups is 1. The van der Waals surface area contributed by atoms with Crippen molar-refractivity contribution in [3.05, 3.63) is 10.8 Å². The van der Waals surface area contributed by atoms with E-state index in [-0.39, 0.29) is 5.11 Å². The van der Waals surface area contributed by atoms with Gasteiger partial charge in [0.25, 0.3) is 0 Å². The zero-order chi connectivity index (χ0) is 10.8. The van der Waals surface area contributed by atoms with E-state index in [4.69, 9.17) is 17.3 Å². The topological polar surface area (TPSA) is 68.2 Å². The van der Waals surface area contributed by atoms with Gasteiger partial charge >= 0.3 is 0 Å². The Labute approximate surface area is 101 Å². The Hall–Kier alpha value is -0.790. The summed E-state index contributed by atoms with van der Waals surface area (Å²) < 4.78 is 2.01. The van der Waals surface area contributed by atoms with E-state index in [2.05, 4.69) is 27.7 Å². The van der Waals surface area contributed by atoms with Crippen molar-refractivity contribution >= 4 is 46.9 Å². The molecule has 0 aliphatic carbocycles. The number of nitrogens with zero attached hydrogens (tertiary/aromatic N) is 3. The maximum absolute atomic E-state index is 5.95. The molecule has 0 bridgehead atoms. The van der Waals surface area contributed by atoms with Crippen molar-refractivity contribution in [3.8, 4) is 0 Å². The van der Waals surface area contributed by atoms with Crippen molar-refractivity contribution in [2.75, 3.05) is 5.75 Å². The summed E-state index contributed by atoms with van der Waals surface area (Å²) in [7, 11) is 0. The SMILES string of the molecule is NC(=S)NN=Cc1c(Cl)nc2n1CCS2. The Morgan fingerprint density at radius 2 is 2.60 bits per heavy atom. The summed E-state index contributed by atoms with van der Waals surface area (Å²) in [5.74, 6) is 1.02. The average Bonchev–Trinajstić information content (AvgIpc) is 2.68. The molecular weight excluding hydrogens is 254 g/mol. The first-order valence-corrected chi connectivity index (χ1v) is 5.93. The average molecular weight is 262 g/mol. The van der Waals surface area contributed by atoms with Gasteiger partial charge in [0, 0.05) is 12.3 Å². The van der Waals surface area contributed by atoms with Gasteiger partial charge < -0.3 is 10.3 Å². The second kappa shape index (κ2) is 4.38. The van der Waals surface area contributed by atoms with Crippen LogP contribution in [-0.4, -0.2) is 26.6 Å². The molecule has 2 rings (SSSR count). The molecule has 1 aromatic rings. The maximum Gasteiger partial charge on any atom is 0.184 e. The van der Waals surface area contributed by atoms with Crippen molar-refractivity contribution in [2.45, 2.75) is 11.7 Å². The van der Waals surface area contributed by atoms with Crippen LogP contribution in [0.4, 0.5) is 0 Å². The zero-order valence-corrected chi connectivity index (χ0v) is 9.99. The molecule has 80 valence electrons. The molecular formula is C7H8ClN5S2. The number of hydrazone groups is 1. The van der Waals surface area contributed by atoms with Crippen molar-refractivity contribution in [1.29, 1.82) is 0 Å². The van der Waals surface area contributed by atoms with E-state index in [1.807, 2.05) is 4.57 Å². The summed E-state index contributed by atoms with van der Waals surface area (Å²) in [5.41, 5.74) is 8.48. The minimum atomic E-state index is 0.123. The van der Waals surface area contributed by atoms with E-state index >= 15 is 0 Å². The molecule has 1 aliphatic rings. The van der Waals surface area contributed by atoms with Crippen LogP contribution in [0.25, 0.3) is 0 Å². The van der Waals surface area contributed by atoms with E-state index in [1.165, 1.54) is 0 Å². The second-order valence-corrected chi connectivity index (χ2v) is 4.66. The molecule has 8 heteroatoms. The Bertz CT molecular complexity index is 427. The fourth-order valence-electron chi connectivity index (χ4n) is 1.25. The Morgan fingerprint density at radius 1 is 1.80 bits per heavy atom. The molecule has 3 N–H and O–H groups in total. The number of hydrogen-bond acceptors (Lipinski definition) is 4. The van der Waals surface area contributed by atoms with Gasteiger partial charge in [-0.2, -0.15) is 5.10 Å². The number of aromatic nitrogens is 2. The molecule has 0 atom stereocenters. The Balaban J connectivity index is 2.21. The number of imidazole rings is 1. The van der Waals surface area contributed by atoms with Crippen molar-refractivity contribution in [1.82, 2.24) is 15.0 Å². The van der Waals surface area contributed by atoms with Crippen LogP contribution in [0.3, 0.4) is 0 Å². The van der Waals surface area contributed by atoms with Crippen molar-refractivity contribution < 1.29 is 0 Å². The molecule has 0 saturated heterocycles. The van der Waals surface area contributed by atoms with Gasteiger partial charge in [0.15, 0.2) is 15.4 Å². The monoisotopic (exact) mass is 261 g/mol. The van der Waals surface area contributed by atoms with Crippen molar-refractivity contribution in [3.63, 3.8) is 0 Å². The highest BCUT2D eigenvalue weighted by Gasteiger charge is 2.19. The first-order chi connectivity index (χ1) is 7.18. The van der Waals surface area contributed by atoms with E-state index < -0.39 is 0 Å². The van der Waals surface area contributed by atoms with E-state index in [1.54, 1.807) is 18.0 Å². The molecule has 2 heterocycles. The van der Waals surface area contributed by atoms with Gasteiger partial charge in [0.2, 0.25) is 0 Å². The molecule has 1 aromatic heterocycles. The lowest BCUT2D eigenvalue weighted by Crippen LogP contribution is -2.24. The van der Waals surface area contributed by atoms with Gasteiger partial charge in [0.1, 0.15) is 5.69 Å². The van der Waals surface area contributed by atoms with Crippen molar-refractivity contribution in [2.24, 2.45) is 10.8 Å². The predicted molar refractivity (Wildman–Crippen MR) is 65.5 cm³/mol. The molecule has 0 aromatic carbocycles. The van der Waals surface area contributed by atoms with Crippen LogP contribution < -0.4 is 11.2 Å². The summed E-state index contributed by atoms with van der Waals surface area (Å²) in [6, 6.07) is 0. The second-order valence-electron chi connectivity index (χ2n) is 2.80. The molecule has 0 spiro atoms. The van der Waals surface area contributed by atoms with E-state index in [0.29, 0.717) is 5.15 Å². The molecule has 0 radical (unpaired) electrons. The summed E-state index contributed by atoms with van der Waals surface area (Å²) in [6.07, 6.45) is 1.57. The van der Waals surface area contributed by atoms with Crippen LogP contribution in [0.1, 0.15) is 5.69 Å². The normalized spacial score (nSPS) is 14.5. The summed E-state index contributed by atoms with van der Waals surface area (Å²) in [6.45, 7) is 0.897. The van der Waals surface area contributed by atoms with Crippen LogP contribution in [0.2, 0.25) is 5.15 Å². The van der Waals surface area contributed by atoms with Crippen LogP contribution in [0, 0.1) is 0 Å². The van der Waals surface area contributed by atoms with Gasteiger partial charge in [-0.3, -0.25) is 5.43 Å². The highest BCUT2D eigenvalue weighted by Crippen LogP contribution is 2.29. The quantitative estimate of drug-likeness (QED) is 0.469. The van der Waals surface area contributed by atoms with Crippen LogP contribution in [-0.2, 0) is 6.54 Å². The van der Waals surface area contributed by atoms with Gasteiger partial charge in [0.05, 0.1) is 6.21 Å². The molecule has 1 aliphatic heterocycles. The predicted octanol–water partition coefficient (Wildman–Crippen LogP) is 0.809. The number of nitrogens with two attached hydrogens (primary N) is 1. The molecule has 0 unspecified atom stereocenters. The number of hydrogen-bond donors (Lipinski definition) is 2. The Kier molecular flexibility index (Phi) is 3.13. The zero-order valence-electron chi connectivity index (χ0n) is 7.61. The number of halogens is 1.